The maximum atomic E-state index is 12.1. The average Bonchev–Trinajstić information content (AvgIpc) is 2.94. The number of rotatable bonds is 3. The highest BCUT2D eigenvalue weighted by molar-refractivity contribution is 6.32. The number of nitrogens with zero attached hydrogens (tertiary/aromatic N) is 4. The second-order valence-electron chi connectivity index (χ2n) is 4.16. The fourth-order valence-electron chi connectivity index (χ4n) is 1.79. The maximum Gasteiger partial charge on any atom is 0.276 e. The first-order valence-corrected chi connectivity index (χ1v) is 6.37. The predicted molar refractivity (Wildman–Crippen MR) is 76.7 cm³/mol. The van der Waals surface area contributed by atoms with Crippen LogP contribution in [0.2, 0.25) is 5.02 Å². The zero-order valence-corrected chi connectivity index (χ0v) is 11.7. The van der Waals surface area contributed by atoms with E-state index in [1.165, 1.54) is 18.0 Å². The molecule has 3 aromatic rings. The number of benzene rings is 1. The summed E-state index contributed by atoms with van der Waals surface area (Å²) < 4.78 is 6.48. The smallest absolute Gasteiger partial charge is 0.276 e. The van der Waals surface area contributed by atoms with Gasteiger partial charge in [0.1, 0.15) is 17.8 Å². The van der Waals surface area contributed by atoms with Crippen molar-refractivity contribution >= 4 is 28.8 Å². The third-order valence-corrected chi connectivity index (χ3v) is 3.10. The molecule has 8 heteroatoms. The molecule has 21 heavy (non-hydrogen) atoms. The number of carbonyl (C=O) groups excluding carboxylic acids is 1. The summed E-state index contributed by atoms with van der Waals surface area (Å²) in [5.74, 6) is 0.186. The lowest BCUT2D eigenvalue weighted by Crippen LogP contribution is -2.15. The van der Waals surface area contributed by atoms with E-state index in [9.17, 15) is 4.79 Å². The van der Waals surface area contributed by atoms with E-state index in [0.717, 1.165) is 0 Å². The molecule has 0 saturated carbocycles. The van der Waals surface area contributed by atoms with Crippen LogP contribution in [-0.4, -0.2) is 32.8 Å². The average molecular weight is 304 g/mol. The maximum absolute atomic E-state index is 12.1. The van der Waals surface area contributed by atoms with Crippen LogP contribution < -0.4 is 10.1 Å². The number of nitrogens with one attached hydrogen (secondary N) is 1. The third kappa shape index (κ3) is 2.63. The summed E-state index contributed by atoms with van der Waals surface area (Å²) in [5.41, 5.74) is 1.37. The van der Waals surface area contributed by atoms with Gasteiger partial charge in [0.05, 0.1) is 12.1 Å². The number of amides is 1. The molecule has 0 bridgehead atoms. The molecule has 2 aromatic heterocycles. The first-order valence-electron chi connectivity index (χ1n) is 5.99. The van der Waals surface area contributed by atoms with Crippen LogP contribution in [0.4, 0.5) is 5.69 Å². The van der Waals surface area contributed by atoms with Crippen molar-refractivity contribution in [2.45, 2.75) is 0 Å². The highest BCUT2D eigenvalue weighted by atomic mass is 35.5. The van der Waals surface area contributed by atoms with E-state index in [-0.39, 0.29) is 11.6 Å². The summed E-state index contributed by atoms with van der Waals surface area (Å²) in [6, 6.07) is 8.21. The number of fused-ring (bicyclic) bond motifs is 1. The highest BCUT2D eigenvalue weighted by Crippen LogP contribution is 2.27. The lowest BCUT2D eigenvalue weighted by atomic mass is 10.3. The summed E-state index contributed by atoms with van der Waals surface area (Å²) in [6.45, 7) is 0. The van der Waals surface area contributed by atoms with E-state index >= 15 is 0 Å². The number of aromatic nitrogens is 4. The van der Waals surface area contributed by atoms with E-state index in [4.69, 9.17) is 16.3 Å². The number of ether oxygens (including phenoxy) is 1. The molecular weight excluding hydrogens is 294 g/mol. The minimum Gasteiger partial charge on any atom is -0.495 e. The van der Waals surface area contributed by atoms with Gasteiger partial charge in [-0.05, 0) is 30.3 Å². The van der Waals surface area contributed by atoms with Gasteiger partial charge in [-0.15, -0.1) is 10.2 Å². The van der Waals surface area contributed by atoms with Gasteiger partial charge in [0, 0.05) is 5.69 Å². The number of hydrogen-bond acceptors (Lipinski definition) is 5. The number of carbonyl (C=O) groups is 1. The second kappa shape index (κ2) is 5.37. The summed E-state index contributed by atoms with van der Waals surface area (Å²) >= 11 is 6.01. The van der Waals surface area contributed by atoms with Crippen LogP contribution in [-0.2, 0) is 0 Å². The van der Waals surface area contributed by atoms with Crippen LogP contribution in [0, 0.1) is 0 Å². The summed E-state index contributed by atoms with van der Waals surface area (Å²) in [5, 5.41) is 14.8. The Labute approximate surface area is 124 Å². The van der Waals surface area contributed by atoms with Gasteiger partial charge in [0.2, 0.25) is 0 Å². The predicted octanol–water partition coefficient (Wildman–Crippen LogP) is 2.04. The van der Waals surface area contributed by atoms with Gasteiger partial charge in [-0.3, -0.25) is 4.79 Å². The van der Waals surface area contributed by atoms with Crippen LogP contribution in [0.5, 0.6) is 5.75 Å². The van der Waals surface area contributed by atoms with E-state index in [1.807, 2.05) is 0 Å². The SMILES string of the molecule is COc1ccc(NC(=O)c2ccc3nncn3n2)cc1Cl. The summed E-state index contributed by atoms with van der Waals surface area (Å²) in [6.07, 6.45) is 1.43. The lowest BCUT2D eigenvalue weighted by Gasteiger charge is -2.07. The quantitative estimate of drug-likeness (QED) is 0.800. The molecule has 1 aromatic carbocycles. The Bertz CT molecular complexity index is 817. The minimum absolute atomic E-state index is 0.245. The van der Waals surface area contributed by atoms with Crippen molar-refractivity contribution < 1.29 is 9.53 Å². The Balaban J connectivity index is 1.83. The molecule has 0 atom stereocenters. The van der Waals surface area contributed by atoms with Gasteiger partial charge >= 0.3 is 0 Å². The van der Waals surface area contributed by atoms with Crippen molar-refractivity contribution in [2.24, 2.45) is 0 Å². The number of hydrogen-bond donors (Lipinski definition) is 1. The summed E-state index contributed by atoms with van der Waals surface area (Å²) in [7, 11) is 1.53. The Morgan fingerprint density at radius 3 is 2.95 bits per heavy atom. The van der Waals surface area contributed by atoms with Crippen molar-refractivity contribution in [2.75, 3.05) is 12.4 Å². The number of halogens is 1. The van der Waals surface area contributed by atoms with Crippen LogP contribution in [0.1, 0.15) is 10.5 Å². The van der Waals surface area contributed by atoms with E-state index in [0.29, 0.717) is 22.1 Å². The fraction of sp³-hybridized carbons (Fsp3) is 0.0769. The van der Waals surface area contributed by atoms with Crippen molar-refractivity contribution in [3.05, 3.63) is 47.4 Å². The molecule has 1 N–H and O–H groups in total. The first kappa shape index (κ1) is 13.3. The van der Waals surface area contributed by atoms with Crippen LogP contribution in [0.25, 0.3) is 5.65 Å². The summed E-state index contributed by atoms with van der Waals surface area (Å²) in [4.78, 5) is 12.1. The van der Waals surface area contributed by atoms with Crippen molar-refractivity contribution in [1.29, 1.82) is 0 Å². The first-order chi connectivity index (χ1) is 10.2. The molecule has 7 nitrogen and oxygen atoms in total. The minimum atomic E-state index is -0.355. The standard InChI is InChI=1S/C13H10ClN5O2/c1-21-11-4-2-8(6-9(11)14)16-13(20)10-3-5-12-17-15-7-19(12)18-10/h2-7H,1H3,(H,16,20). The Morgan fingerprint density at radius 2 is 2.19 bits per heavy atom. The molecule has 0 aliphatic heterocycles. The molecule has 0 fully saturated rings. The molecule has 0 saturated heterocycles. The molecule has 0 aliphatic carbocycles. The molecule has 0 radical (unpaired) electrons. The monoisotopic (exact) mass is 303 g/mol. The van der Waals surface area contributed by atoms with Crippen LogP contribution >= 0.6 is 11.6 Å². The van der Waals surface area contributed by atoms with Crippen molar-refractivity contribution in [3.8, 4) is 5.75 Å². The second-order valence-corrected chi connectivity index (χ2v) is 4.56. The van der Waals surface area contributed by atoms with Gasteiger partial charge in [-0.25, -0.2) is 0 Å². The van der Waals surface area contributed by atoms with Crippen LogP contribution in [0.15, 0.2) is 36.7 Å². The largest absolute Gasteiger partial charge is 0.495 e. The lowest BCUT2D eigenvalue weighted by molar-refractivity contribution is 0.102. The molecule has 3 rings (SSSR count). The molecule has 0 aliphatic rings. The van der Waals surface area contributed by atoms with Crippen LogP contribution in [0.3, 0.4) is 0 Å². The molecule has 0 spiro atoms. The fourth-order valence-corrected chi connectivity index (χ4v) is 2.05. The van der Waals surface area contributed by atoms with E-state index in [1.54, 1.807) is 30.3 Å². The zero-order valence-electron chi connectivity index (χ0n) is 10.9. The Hall–Kier alpha value is -2.67. The highest BCUT2D eigenvalue weighted by Gasteiger charge is 2.10. The molecule has 1 amide bonds. The Morgan fingerprint density at radius 1 is 1.33 bits per heavy atom. The van der Waals surface area contributed by atoms with Crippen molar-refractivity contribution in [1.82, 2.24) is 19.8 Å². The normalized spacial score (nSPS) is 10.6. The number of methoxy groups -OCH3 is 1. The molecule has 0 unspecified atom stereocenters. The van der Waals surface area contributed by atoms with E-state index < -0.39 is 0 Å². The Kier molecular flexibility index (Phi) is 3.41. The van der Waals surface area contributed by atoms with Gasteiger partial charge in [-0.1, -0.05) is 11.6 Å². The zero-order chi connectivity index (χ0) is 14.8. The third-order valence-electron chi connectivity index (χ3n) is 2.80. The van der Waals surface area contributed by atoms with Gasteiger partial charge < -0.3 is 10.1 Å². The van der Waals surface area contributed by atoms with Gasteiger partial charge in [0.15, 0.2) is 5.65 Å². The van der Waals surface area contributed by atoms with Gasteiger partial charge in [0.25, 0.3) is 5.91 Å². The molecule has 2 heterocycles. The van der Waals surface area contributed by atoms with E-state index in [2.05, 4.69) is 20.6 Å². The molecule has 106 valence electrons. The molecular formula is C13H10ClN5O2. The van der Waals surface area contributed by atoms with Gasteiger partial charge in [-0.2, -0.15) is 9.61 Å². The van der Waals surface area contributed by atoms with Crippen molar-refractivity contribution in [3.63, 3.8) is 0 Å². The number of anilines is 1. The topological polar surface area (TPSA) is 81.4 Å².